The van der Waals surface area contributed by atoms with Crippen molar-refractivity contribution in [2.24, 2.45) is 7.05 Å². The Labute approximate surface area is 168 Å². The molecule has 1 aromatic heterocycles. The van der Waals surface area contributed by atoms with Crippen molar-refractivity contribution in [1.82, 2.24) is 19.8 Å². The van der Waals surface area contributed by atoms with Gasteiger partial charge in [0.1, 0.15) is 11.6 Å². The van der Waals surface area contributed by atoms with Gasteiger partial charge in [-0.15, -0.1) is 0 Å². The van der Waals surface area contributed by atoms with Crippen molar-refractivity contribution in [2.75, 3.05) is 6.54 Å². The van der Waals surface area contributed by atoms with E-state index in [1.54, 1.807) is 33.9 Å². The lowest BCUT2D eigenvalue weighted by molar-refractivity contribution is -0.135. The van der Waals surface area contributed by atoms with E-state index in [0.29, 0.717) is 30.4 Å². The highest BCUT2D eigenvalue weighted by Crippen LogP contribution is 2.23. The van der Waals surface area contributed by atoms with Crippen LogP contribution >= 0.6 is 0 Å². The Morgan fingerprint density at radius 2 is 1.97 bits per heavy atom. The van der Waals surface area contributed by atoms with Gasteiger partial charge in [-0.2, -0.15) is 0 Å². The molecule has 0 spiro atoms. The summed E-state index contributed by atoms with van der Waals surface area (Å²) in [7, 11) is 1.65. The van der Waals surface area contributed by atoms with E-state index in [-0.39, 0.29) is 18.0 Å². The molecule has 1 aliphatic rings. The van der Waals surface area contributed by atoms with E-state index in [1.807, 2.05) is 12.1 Å². The summed E-state index contributed by atoms with van der Waals surface area (Å²) in [5, 5.41) is 5.00. The van der Waals surface area contributed by atoms with Crippen LogP contribution < -0.4 is 16.3 Å². The van der Waals surface area contributed by atoms with Crippen molar-refractivity contribution >= 4 is 28.9 Å². The van der Waals surface area contributed by atoms with Gasteiger partial charge in [0.05, 0.1) is 11.0 Å². The third-order valence-corrected chi connectivity index (χ3v) is 4.76. The molecule has 0 saturated carbocycles. The van der Waals surface area contributed by atoms with Crippen LogP contribution in [0, 0.1) is 0 Å². The molecule has 2 N–H and O–H groups in total. The summed E-state index contributed by atoms with van der Waals surface area (Å²) in [4.78, 5) is 48.1. The van der Waals surface area contributed by atoms with Crippen LogP contribution in [0.15, 0.2) is 23.0 Å². The van der Waals surface area contributed by atoms with Gasteiger partial charge >= 0.3 is 11.8 Å². The number of fused-ring (bicyclic) bond motifs is 1. The van der Waals surface area contributed by atoms with E-state index in [4.69, 9.17) is 4.74 Å². The van der Waals surface area contributed by atoms with Crippen molar-refractivity contribution in [3.05, 3.63) is 34.2 Å². The zero-order valence-electron chi connectivity index (χ0n) is 17.1. The monoisotopic (exact) mass is 402 g/mol. The van der Waals surface area contributed by atoms with Gasteiger partial charge in [-0.25, -0.2) is 9.59 Å². The predicted molar refractivity (Wildman–Crippen MR) is 107 cm³/mol. The number of nitrogens with zero attached hydrogens (tertiary/aromatic N) is 2. The van der Waals surface area contributed by atoms with Gasteiger partial charge in [0.15, 0.2) is 0 Å². The number of aryl methyl sites for hydroxylation is 1. The van der Waals surface area contributed by atoms with Crippen LogP contribution in [-0.2, 0) is 27.8 Å². The molecule has 1 fully saturated rings. The maximum absolute atomic E-state index is 12.7. The molecule has 9 nitrogen and oxygen atoms in total. The number of amides is 3. The average Bonchev–Trinajstić information content (AvgIpc) is 2.85. The highest BCUT2D eigenvalue weighted by atomic mass is 16.6. The lowest BCUT2D eigenvalue weighted by atomic mass is 10.1. The molecule has 0 radical (unpaired) electrons. The fourth-order valence-electron chi connectivity index (χ4n) is 3.42. The molecule has 0 bridgehead atoms. The topological polar surface area (TPSA) is 111 Å². The average molecular weight is 402 g/mol. The fourth-order valence-corrected chi connectivity index (χ4v) is 3.42. The molecule has 3 rings (SSSR count). The number of aromatic nitrogens is 2. The van der Waals surface area contributed by atoms with Gasteiger partial charge in [0, 0.05) is 20.0 Å². The smallest absolute Gasteiger partial charge is 0.407 e. The molecule has 1 atom stereocenters. The molecule has 156 valence electrons. The number of nitrogens with one attached hydrogen (secondary N) is 2. The molecule has 1 saturated heterocycles. The Balaban J connectivity index is 1.78. The van der Waals surface area contributed by atoms with E-state index in [2.05, 4.69) is 10.6 Å². The summed E-state index contributed by atoms with van der Waals surface area (Å²) in [6, 6.07) is 4.82. The number of rotatable bonds is 4. The largest absolute Gasteiger partial charge is 0.444 e. The number of piperidine rings is 1. The SMILES string of the molecule is Cn1c(=O)n(C2CCC(=O)NC2=O)c2ccc(CCNC(=O)OC(C)(C)C)cc21. The van der Waals surface area contributed by atoms with Gasteiger partial charge in [0.2, 0.25) is 11.8 Å². The number of imidazole rings is 1. The normalized spacial score (nSPS) is 17.3. The molecule has 1 aromatic carbocycles. The highest BCUT2D eigenvalue weighted by Gasteiger charge is 2.31. The van der Waals surface area contributed by atoms with E-state index in [9.17, 15) is 19.2 Å². The molecule has 2 heterocycles. The summed E-state index contributed by atoms with van der Waals surface area (Å²) in [6.07, 6.45) is 0.585. The summed E-state index contributed by atoms with van der Waals surface area (Å²) in [6.45, 7) is 5.79. The van der Waals surface area contributed by atoms with Crippen molar-refractivity contribution in [2.45, 2.75) is 51.7 Å². The van der Waals surface area contributed by atoms with Crippen molar-refractivity contribution in [1.29, 1.82) is 0 Å². The first-order valence-corrected chi connectivity index (χ1v) is 9.57. The van der Waals surface area contributed by atoms with Crippen LogP contribution in [0.4, 0.5) is 4.79 Å². The van der Waals surface area contributed by atoms with Crippen LogP contribution in [0.1, 0.15) is 45.2 Å². The summed E-state index contributed by atoms with van der Waals surface area (Å²) in [5.41, 5.74) is 1.40. The molecule has 1 unspecified atom stereocenters. The molecular formula is C20H26N4O5. The number of hydrogen-bond donors (Lipinski definition) is 2. The standard InChI is InChI=1S/C20H26N4O5/c1-20(2,3)29-18(27)21-10-9-12-5-6-13-15(11-12)23(4)19(28)24(13)14-7-8-16(25)22-17(14)26/h5-6,11,14H,7-10H2,1-4H3,(H,21,27)(H,22,25,26). The lowest BCUT2D eigenvalue weighted by Gasteiger charge is -2.21. The van der Waals surface area contributed by atoms with E-state index in [1.165, 1.54) is 9.13 Å². The Hall–Kier alpha value is -3.10. The first kappa shape index (κ1) is 20.6. The Kier molecular flexibility index (Phi) is 5.50. The lowest BCUT2D eigenvalue weighted by Crippen LogP contribution is -2.44. The van der Waals surface area contributed by atoms with Crippen LogP contribution in [0.2, 0.25) is 0 Å². The third kappa shape index (κ3) is 4.49. The van der Waals surface area contributed by atoms with Gasteiger partial charge in [0.25, 0.3) is 0 Å². The van der Waals surface area contributed by atoms with Crippen LogP contribution in [0.5, 0.6) is 0 Å². The quantitative estimate of drug-likeness (QED) is 0.751. The zero-order chi connectivity index (χ0) is 21.3. The predicted octanol–water partition coefficient (Wildman–Crippen LogP) is 1.38. The zero-order valence-corrected chi connectivity index (χ0v) is 17.1. The van der Waals surface area contributed by atoms with Crippen molar-refractivity contribution in [3.63, 3.8) is 0 Å². The van der Waals surface area contributed by atoms with Crippen LogP contribution in [-0.4, -0.2) is 39.2 Å². The fraction of sp³-hybridized carbons (Fsp3) is 0.500. The number of ether oxygens (including phenoxy) is 1. The Morgan fingerprint density at radius 3 is 2.62 bits per heavy atom. The van der Waals surface area contributed by atoms with Crippen LogP contribution in [0.25, 0.3) is 11.0 Å². The molecule has 3 amide bonds. The number of imide groups is 1. The minimum absolute atomic E-state index is 0.202. The first-order chi connectivity index (χ1) is 13.6. The Morgan fingerprint density at radius 1 is 1.24 bits per heavy atom. The molecule has 0 aliphatic carbocycles. The van der Waals surface area contributed by atoms with Crippen molar-refractivity contribution in [3.8, 4) is 0 Å². The number of benzene rings is 1. The number of hydrogen-bond acceptors (Lipinski definition) is 5. The number of carbonyl (C=O) groups is 3. The maximum atomic E-state index is 12.7. The second kappa shape index (κ2) is 7.73. The minimum Gasteiger partial charge on any atom is -0.444 e. The second-order valence-electron chi connectivity index (χ2n) is 8.18. The van der Waals surface area contributed by atoms with E-state index >= 15 is 0 Å². The maximum Gasteiger partial charge on any atom is 0.407 e. The minimum atomic E-state index is -0.705. The van der Waals surface area contributed by atoms with Gasteiger partial charge in [-0.05, 0) is 51.3 Å². The molecular weight excluding hydrogens is 376 g/mol. The molecule has 1 aliphatic heterocycles. The van der Waals surface area contributed by atoms with Crippen LogP contribution in [0.3, 0.4) is 0 Å². The molecule has 2 aromatic rings. The summed E-state index contributed by atoms with van der Waals surface area (Å²) >= 11 is 0. The number of alkyl carbamates (subject to hydrolysis) is 1. The van der Waals surface area contributed by atoms with Crippen molar-refractivity contribution < 1.29 is 19.1 Å². The first-order valence-electron chi connectivity index (χ1n) is 9.57. The van der Waals surface area contributed by atoms with E-state index < -0.39 is 23.6 Å². The van der Waals surface area contributed by atoms with Gasteiger partial charge in [-0.3, -0.25) is 24.0 Å². The molecule has 29 heavy (non-hydrogen) atoms. The number of carbonyl (C=O) groups excluding carboxylic acids is 3. The van der Waals surface area contributed by atoms with E-state index in [0.717, 1.165) is 5.56 Å². The third-order valence-electron chi connectivity index (χ3n) is 4.76. The molecule has 9 heteroatoms. The summed E-state index contributed by atoms with van der Waals surface area (Å²) < 4.78 is 8.14. The van der Waals surface area contributed by atoms with Gasteiger partial charge in [-0.1, -0.05) is 6.07 Å². The highest BCUT2D eigenvalue weighted by molar-refractivity contribution is 6.00. The summed E-state index contributed by atoms with van der Waals surface area (Å²) in [5.74, 6) is -0.777. The second-order valence-corrected chi connectivity index (χ2v) is 8.18. The van der Waals surface area contributed by atoms with Gasteiger partial charge < -0.3 is 10.1 Å². The Bertz CT molecular complexity index is 1030.